The standard InChI is InChI=1S/C22H28N2O3/c1-17-5-3-7-20(13-17)23-11-9-19(10-12-23)24(16-22(25)26)15-18-6-4-8-21(14-18)27-2/h3-8,13-14,19H,9-12,15-16H2,1-2H3,(H,25,26). The lowest BCUT2D eigenvalue weighted by Crippen LogP contribution is -2.46. The van der Waals surface area contributed by atoms with E-state index < -0.39 is 5.97 Å². The summed E-state index contributed by atoms with van der Waals surface area (Å²) in [7, 11) is 1.65. The van der Waals surface area contributed by atoms with Gasteiger partial charge in [-0.05, 0) is 55.2 Å². The number of benzene rings is 2. The Morgan fingerprint density at radius 3 is 2.59 bits per heavy atom. The van der Waals surface area contributed by atoms with Crippen LogP contribution in [0.5, 0.6) is 5.75 Å². The van der Waals surface area contributed by atoms with Crippen molar-refractivity contribution >= 4 is 11.7 Å². The van der Waals surface area contributed by atoms with Gasteiger partial charge in [0.1, 0.15) is 5.75 Å². The minimum atomic E-state index is -0.779. The van der Waals surface area contributed by atoms with E-state index in [4.69, 9.17) is 4.74 Å². The molecular weight excluding hydrogens is 340 g/mol. The van der Waals surface area contributed by atoms with Gasteiger partial charge in [0.25, 0.3) is 0 Å². The van der Waals surface area contributed by atoms with Crippen molar-refractivity contribution in [2.45, 2.75) is 32.4 Å². The summed E-state index contributed by atoms with van der Waals surface area (Å²) in [5.74, 6) is 0.0241. The number of ether oxygens (including phenoxy) is 1. The fourth-order valence-electron chi connectivity index (χ4n) is 3.81. The molecule has 5 heteroatoms. The highest BCUT2D eigenvalue weighted by Gasteiger charge is 2.26. The average Bonchev–Trinajstić information content (AvgIpc) is 2.67. The highest BCUT2D eigenvalue weighted by atomic mass is 16.5. The molecule has 0 atom stereocenters. The summed E-state index contributed by atoms with van der Waals surface area (Å²) in [4.78, 5) is 15.9. The number of hydrogen-bond donors (Lipinski definition) is 1. The zero-order valence-electron chi connectivity index (χ0n) is 16.1. The third-order valence-corrected chi connectivity index (χ3v) is 5.21. The van der Waals surface area contributed by atoms with Gasteiger partial charge in [0, 0.05) is 31.4 Å². The molecular formula is C22H28N2O3. The topological polar surface area (TPSA) is 53.0 Å². The van der Waals surface area contributed by atoms with Crippen LogP contribution < -0.4 is 9.64 Å². The number of carboxylic acid groups (broad SMARTS) is 1. The Morgan fingerprint density at radius 1 is 1.19 bits per heavy atom. The second kappa shape index (κ2) is 8.91. The van der Waals surface area contributed by atoms with E-state index in [-0.39, 0.29) is 12.6 Å². The van der Waals surface area contributed by atoms with E-state index in [9.17, 15) is 9.90 Å². The lowest BCUT2D eigenvalue weighted by molar-refractivity contribution is -0.139. The van der Waals surface area contributed by atoms with E-state index >= 15 is 0 Å². The number of anilines is 1. The Hall–Kier alpha value is -2.53. The predicted octanol–water partition coefficient (Wildman–Crippen LogP) is 3.56. The maximum atomic E-state index is 11.4. The van der Waals surface area contributed by atoms with E-state index in [1.165, 1.54) is 11.3 Å². The molecule has 1 aliphatic rings. The first-order valence-corrected chi connectivity index (χ1v) is 9.45. The lowest BCUT2D eigenvalue weighted by Gasteiger charge is -2.39. The largest absolute Gasteiger partial charge is 0.497 e. The number of hydrogen-bond acceptors (Lipinski definition) is 4. The summed E-state index contributed by atoms with van der Waals surface area (Å²) in [6.07, 6.45) is 1.93. The molecule has 2 aromatic rings. The number of nitrogens with zero attached hydrogens (tertiary/aromatic N) is 2. The van der Waals surface area contributed by atoms with Crippen molar-refractivity contribution in [2.24, 2.45) is 0 Å². The first-order valence-electron chi connectivity index (χ1n) is 9.45. The Kier molecular flexibility index (Phi) is 6.35. The van der Waals surface area contributed by atoms with Gasteiger partial charge in [0.2, 0.25) is 0 Å². The summed E-state index contributed by atoms with van der Waals surface area (Å²) in [6.45, 7) is 4.69. The zero-order chi connectivity index (χ0) is 19.2. The van der Waals surface area contributed by atoms with Crippen LogP contribution in [-0.2, 0) is 11.3 Å². The lowest BCUT2D eigenvalue weighted by atomic mass is 10.0. The molecule has 1 aliphatic heterocycles. The molecule has 0 bridgehead atoms. The van der Waals surface area contributed by atoms with Gasteiger partial charge in [-0.2, -0.15) is 0 Å². The molecule has 1 saturated heterocycles. The van der Waals surface area contributed by atoms with Crippen LogP contribution in [-0.4, -0.2) is 48.8 Å². The van der Waals surface area contributed by atoms with Crippen LogP contribution in [0.1, 0.15) is 24.0 Å². The molecule has 0 aliphatic carbocycles. The fourth-order valence-corrected chi connectivity index (χ4v) is 3.81. The van der Waals surface area contributed by atoms with Gasteiger partial charge in [-0.25, -0.2) is 0 Å². The number of carbonyl (C=O) groups is 1. The van der Waals surface area contributed by atoms with Gasteiger partial charge < -0.3 is 14.7 Å². The van der Waals surface area contributed by atoms with Gasteiger partial charge in [-0.1, -0.05) is 24.3 Å². The molecule has 1 heterocycles. The molecule has 0 unspecified atom stereocenters. The Labute approximate surface area is 161 Å². The van der Waals surface area contributed by atoms with Crippen molar-refractivity contribution in [3.05, 3.63) is 59.7 Å². The SMILES string of the molecule is COc1cccc(CN(CC(=O)O)C2CCN(c3cccc(C)c3)CC2)c1. The number of carboxylic acids is 1. The molecule has 0 saturated carbocycles. The van der Waals surface area contributed by atoms with Gasteiger partial charge in [0.15, 0.2) is 0 Å². The van der Waals surface area contributed by atoms with Crippen molar-refractivity contribution in [3.8, 4) is 5.75 Å². The highest BCUT2D eigenvalue weighted by Crippen LogP contribution is 2.25. The van der Waals surface area contributed by atoms with E-state index in [2.05, 4.69) is 41.0 Å². The molecule has 0 amide bonds. The van der Waals surface area contributed by atoms with Crippen LogP contribution in [0.15, 0.2) is 48.5 Å². The molecule has 27 heavy (non-hydrogen) atoms. The Morgan fingerprint density at radius 2 is 1.93 bits per heavy atom. The summed E-state index contributed by atoms with van der Waals surface area (Å²) < 4.78 is 5.29. The smallest absolute Gasteiger partial charge is 0.317 e. The van der Waals surface area contributed by atoms with Gasteiger partial charge >= 0.3 is 5.97 Å². The van der Waals surface area contributed by atoms with E-state index in [1.807, 2.05) is 24.3 Å². The molecule has 1 N–H and O–H groups in total. The normalized spacial score (nSPS) is 15.1. The molecule has 5 nitrogen and oxygen atoms in total. The minimum Gasteiger partial charge on any atom is -0.497 e. The van der Waals surface area contributed by atoms with Crippen LogP contribution >= 0.6 is 0 Å². The van der Waals surface area contributed by atoms with Crippen LogP contribution in [0.25, 0.3) is 0 Å². The van der Waals surface area contributed by atoms with Crippen molar-refractivity contribution in [3.63, 3.8) is 0 Å². The van der Waals surface area contributed by atoms with Gasteiger partial charge in [0.05, 0.1) is 13.7 Å². The Balaban J connectivity index is 1.66. The second-order valence-electron chi connectivity index (χ2n) is 7.21. The van der Waals surface area contributed by atoms with Gasteiger partial charge in [-0.15, -0.1) is 0 Å². The molecule has 0 aromatic heterocycles. The van der Waals surface area contributed by atoms with Crippen molar-refractivity contribution < 1.29 is 14.6 Å². The number of aliphatic carboxylic acids is 1. The summed E-state index contributed by atoms with van der Waals surface area (Å²) in [5.41, 5.74) is 3.60. The van der Waals surface area contributed by atoms with Crippen molar-refractivity contribution in [1.29, 1.82) is 0 Å². The number of methoxy groups -OCH3 is 1. The maximum Gasteiger partial charge on any atom is 0.317 e. The van der Waals surface area contributed by atoms with Crippen LogP contribution in [0, 0.1) is 6.92 Å². The maximum absolute atomic E-state index is 11.4. The van der Waals surface area contributed by atoms with Crippen molar-refractivity contribution in [1.82, 2.24) is 4.90 Å². The average molecular weight is 368 g/mol. The summed E-state index contributed by atoms with van der Waals surface area (Å²) in [5, 5.41) is 9.38. The summed E-state index contributed by atoms with van der Waals surface area (Å²) >= 11 is 0. The Bertz CT molecular complexity index is 770. The second-order valence-corrected chi connectivity index (χ2v) is 7.21. The number of piperidine rings is 1. The van der Waals surface area contributed by atoms with Crippen LogP contribution in [0.3, 0.4) is 0 Å². The zero-order valence-corrected chi connectivity index (χ0v) is 16.1. The highest BCUT2D eigenvalue weighted by molar-refractivity contribution is 5.69. The molecule has 3 rings (SSSR count). The monoisotopic (exact) mass is 368 g/mol. The molecule has 2 aromatic carbocycles. The third kappa shape index (κ3) is 5.23. The van der Waals surface area contributed by atoms with Gasteiger partial charge in [-0.3, -0.25) is 9.69 Å². The fraction of sp³-hybridized carbons (Fsp3) is 0.409. The van der Waals surface area contributed by atoms with E-state index in [0.29, 0.717) is 6.54 Å². The molecule has 1 fully saturated rings. The van der Waals surface area contributed by atoms with Crippen molar-refractivity contribution in [2.75, 3.05) is 31.6 Å². The molecule has 144 valence electrons. The number of aryl methyl sites for hydroxylation is 1. The van der Waals surface area contributed by atoms with E-state index in [1.54, 1.807) is 7.11 Å². The predicted molar refractivity (Wildman–Crippen MR) is 107 cm³/mol. The number of rotatable bonds is 7. The molecule has 0 spiro atoms. The van der Waals surface area contributed by atoms with Crippen LogP contribution in [0.2, 0.25) is 0 Å². The quantitative estimate of drug-likeness (QED) is 0.810. The first kappa shape index (κ1) is 19.2. The molecule has 0 radical (unpaired) electrons. The first-order chi connectivity index (χ1) is 13.0. The minimum absolute atomic E-state index is 0.0618. The summed E-state index contributed by atoms with van der Waals surface area (Å²) in [6, 6.07) is 16.7. The third-order valence-electron chi connectivity index (χ3n) is 5.21. The van der Waals surface area contributed by atoms with Crippen LogP contribution in [0.4, 0.5) is 5.69 Å². The van der Waals surface area contributed by atoms with E-state index in [0.717, 1.165) is 37.2 Å².